The fourth-order valence-corrected chi connectivity index (χ4v) is 3.14. The summed E-state index contributed by atoms with van der Waals surface area (Å²) in [6.45, 7) is 3.93. The van der Waals surface area contributed by atoms with Gasteiger partial charge in [-0.2, -0.15) is 11.3 Å². The molecule has 2 heterocycles. The third-order valence-electron chi connectivity index (χ3n) is 2.75. The highest BCUT2D eigenvalue weighted by Gasteiger charge is 2.28. The molecule has 0 radical (unpaired) electrons. The zero-order chi connectivity index (χ0) is 11.5. The van der Waals surface area contributed by atoms with Crippen molar-refractivity contribution in [2.45, 2.75) is 13.0 Å². The highest BCUT2D eigenvalue weighted by atomic mass is 79.9. The lowest BCUT2D eigenvalue weighted by Crippen LogP contribution is -2.49. The molecular formula is C11H14BrNO2S. The molecule has 1 aromatic rings. The Morgan fingerprint density at radius 1 is 1.69 bits per heavy atom. The molecule has 0 spiro atoms. The quantitative estimate of drug-likeness (QED) is 0.785. The molecule has 5 heteroatoms. The molecule has 1 aliphatic heterocycles. The summed E-state index contributed by atoms with van der Waals surface area (Å²) in [5.41, 5.74) is 1.90. The molecule has 1 aromatic heterocycles. The van der Waals surface area contributed by atoms with Gasteiger partial charge in [-0.25, -0.2) is 0 Å². The topological polar surface area (TPSA) is 29.5 Å². The van der Waals surface area contributed by atoms with Gasteiger partial charge in [-0.05, 0) is 17.9 Å². The lowest BCUT2D eigenvalue weighted by Gasteiger charge is -2.34. The van der Waals surface area contributed by atoms with Crippen LogP contribution in [0.5, 0.6) is 0 Å². The molecule has 88 valence electrons. The van der Waals surface area contributed by atoms with E-state index in [1.165, 1.54) is 0 Å². The predicted octanol–water partition coefficient (Wildman–Crippen LogP) is 2.29. The number of rotatable bonds is 2. The Labute approximate surface area is 108 Å². The lowest BCUT2D eigenvalue weighted by atomic mass is 10.1. The van der Waals surface area contributed by atoms with Crippen LogP contribution in [0, 0.1) is 6.92 Å². The fraction of sp³-hybridized carbons (Fsp3) is 0.545. The zero-order valence-electron chi connectivity index (χ0n) is 9.11. The fourth-order valence-electron chi connectivity index (χ4n) is 1.78. The van der Waals surface area contributed by atoms with Crippen molar-refractivity contribution in [3.05, 3.63) is 21.9 Å². The van der Waals surface area contributed by atoms with Crippen LogP contribution in [0.2, 0.25) is 0 Å². The van der Waals surface area contributed by atoms with E-state index in [9.17, 15) is 4.79 Å². The minimum absolute atomic E-state index is 0.131. The number of carbonyl (C=O) groups excluding carboxylic acids is 1. The van der Waals surface area contributed by atoms with Gasteiger partial charge in [0.25, 0.3) is 5.91 Å². The highest BCUT2D eigenvalue weighted by molar-refractivity contribution is 9.09. The van der Waals surface area contributed by atoms with Gasteiger partial charge in [-0.15, -0.1) is 0 Å². The lowest BCUT2D eigenvalue weighted by molar-refractivity contribution is 0.00524. The van der Waals surface area contributed by atoms with Gasteiger partial charge >= 0.3 is 0 Å². The zero-order valence-corrected chi connectivity index (χ0v) is 11.5. The molecule has 1 fully saturated rings. The number of halogens is 1. The van der Waals surface area contributed by atoms with Crippen LogP contribution in [0.15, 0.2) is 10.8 Å². The van der Waals surface area contributed by atoms with Crippen LogP contribution in [0.25, 0.3) is 0 Å². The highest BCUT2D eigenvalue weighted by Crippen LogP contribution is 2.19. The minimum atomic E-state index is 0.131. The summed E-state index contributed by atoms with van der Waals surface area (Å²) in [6, 6.07) is 0.153. The largest absolute Gasteiger partial charge is 0.377 e. The van der Waals surface area contributed by atoms with E-state index in [1.54, 1.807) is 11.3 Å². The van der Waals surface area contributed by atoms with Crippen LogP contribution in [0.1, 0.15) is 15.9 Å². The number of ether oxygens (including phenoxy) is 1. The van der Waals surface area contributed by atoms with Crippen molar-refractivity contribution in [2.24, 2.45) is 0 Å². The van der Waals surface area contributed by atoms with E-state index in [4.69, 9.17) is 4.74 Å². The molecule has 0 N–H and O–H groups in total. The van der Waals surface area contributed by atoms with Gasteiger partial charge < -0.3 is 9.64 Å². The molecule has 0 aromatic carbocycles. The van der Waals surface area contributed by atoms with Crippen LogP contribution in [-0.2, 0) is 4.74 Å². The summed E-state index contributed by atoms with van der Waals surface area (Å²) in [5.74, 6) is 0.131. The molecular weight excluding hydrogens is 290 g/mol. The molecule has 1 atom stereocenters. The minimum Gasteiger partial charge on any atom is -0.377 e. The number of morpholine rings is 1. The van der Waals surface area contributed by atoms with E-state index in [2.05, 4.69) is 15.9 Å². The third kappa shape index (κ3) is 2.31. The van der Waals surface area contributed by atoms with E-state index >= 15 is 0 Å². The van der Waals surface area contributed by atoms with Crippen LogP contribution in [-0.4, -0.2) is 41.9 Å². The molecule has 1 aliphatic rings. The summed E-state index contributed by atoms with van der Waals surface area (Å²) in [4.78, 5) is 14.2. The predicted molar refractivity (Wildman–Crippen MR) is 68.5 cm³/mol. The first kappa shape index (κ1) is 12.1. The summed E-state index contributed by atoms with van der Waals surface area (Å²) in [5, 5.41) is 4.71. The summed E-state index contributed by atoms with van der Waals surface area (Å²) < 4.78 is 5.38. The molecule has 3 nitrogen and oxygen atoms in total. The molecule has 1 unspecified atom stereocenters. The van der Waals surface area contributed by atoms with Crippen molar-refractivity contribution in [3.63, 3.8) is 0 Å². The number of amides is 1. The van der Waals surface area contributed by atoms with Crippen LogP contribution in [0.4, 0.5) is 0 Å². The SMILES string of the molecule is Cc1cscc1C(=O)N1CCOCC1CBr. The number of aryl methyl sites for hydroxylation is 1. The Kier molecular flexibility index (Phi) is 4.00. The molecule has 2 rings (SSSR count). The van der Waals surface area contributed by atoms with Gasteiger partial charge in [0.1, 0.15) is 0 Å². The van der Waals surface area contributed by atoms with E-state index in [-0.39, 0.29) is 11.9 Å². The molecule has 0 aliphatic carbocycles. The second-order valence-corrected chi connectivity index (χ2v) is 5.24. The first-order chi connectivity index (χ1) is 7.74. The van der Waals surface area contributed by atoms with Gasteiger partial charge in [-0.1, -0.05) is 15.9 Å². The Morgan fingerprint density at radius 2 is 2.50 bits per heavy atom. The summed E-state index contributed by atoms with van der Waals surface area (Å²) >= 11 is 5.01. The van der Waals surface area contributed by atoms with Crippen molar-refractivity contribution in [3.8, 4) is 0 Å². The maximum absolute atomic E-state index is 12.3. The Bertz CT molecular complexity index is 380. The summed E-state index contributed by atoms with van der Waals surface area (Å²) in [6.07, 6.45) is 0. The second-order valence-electron chi connectivity index (χ2n) is 3.85. The molecule has 1 saturated heterocycles. The van der Waals surface area contributed by atoms with Gasteiger partial charge in [-0.3, -0.25) is 4.79 Å². The average molecular weight is 304 g/mol. The molecule has 1 amide bonds. The monoisotopic (exact) mass is 303 g/mol. The standard InChI is InChI=1S/C11H14BrNO2S/c1-8-6-16-7-10(8)11(14)13-2-3-15-5-9(13)4-12/h6-7,9H,2-5H2,1H3. The van der Waals surface area contributed by atoms with Crippen LogP contribution < -0.4 is 0 Å². The van der Waals surface area contributed by atoms with E-state index in [0.29, 0.717) is 19.8 Å². The normalized spacial score (nSPS) is 21.1. The number of hydrogen-bond acceptors (Lipinski definition) is 3. The van der Waals surface area contributed by atoms with Crippen molar-refractivity contribution in [1.29, 1.82) is 0 Å². The van der Waals surface area contributed by atoms with Gasteiger partial charge in [0.05, 0.1) is 24.8 Å². The first-order valence-corrected chi connectivity index (χ1v) is 7.28. The first-order valence-electron chi connectivity index (χ1n) is 5.21. The maximum Gasteiger partial charge on any atom is 0.255 e. The van der Waals surface area contributed by atoms with Crippen molar-refractivity contribution < 1.29 is 9.53 Å². The average Bonchev–Trinajstić information content (AvgIpc) is 2.74. The van der Waals surface area contributed by atoms with Gasteiger partial charge in [0, 0.05) is 17.3 Å². The number of thiophene rings is 1. The van der Waals surface area contributed by atoms with Crippen molar-refractivity contribution >= 4 is 33.2 Å². The number of hydrogen-bond donors (Lipinski definition) is 0. The number of carbonyl (C=O) groups is 1. The Balaban J connectivity index is 2.17. The molecule has 0 bridgehead atoms. The Hall–Kier alpha value is -0.390. The molecule has 16 heavy (non-hydrogen) atoms. The van der Waals surface area contributed by atoms with E-state index in [1.807, 2.05) is 22.6 Å². The summed E-state index contributed by atoms with van der Waals surface area (Å²) in [7, 11) is 0. The van der Waals surface area contributed by atoms with Crippen molar-refractivity contribution in [1.82, 2.24) is 4.90 Å². The van der Waals surface area contributed by atoms with Gasteiger partial charge in [0.2, 0.25) is 0 Å². The van der Waals surface area contributed by atoms with Crippen molar-refractivity contribution in [2.75, 3.05) is 25.1 Å². The van der Waals surface area contributed by atoms with E-state index in [0.717, 1.165) is 16.5 Å². The number of nitrogens with zero attached hydrogens (tertiary/aromatic N) is 1. The van der Waals surface area contributed by atoms with Crippen LogP contribution in [0.3, 0.4) is 0 Å². The Morgan fingerprint density at radius 3 is 3.12 bits per heavy atom. The molecule has 0 saturated carbocycles. The van der Waals surface area contributed by atoms with Crippen LogP contribution >= 0.6 is 27.3 Å². The number of alkyl halides is 1. The second kappa shape index (κ2) is 5.29. The third-order valence-corrected chi connectivity index (χ3v) is 4.36. The smallest absolute Gasteiger partial charge is 0.255 e. The van der Waals surface area contributed by atoms with Gasteiger partial charge in [0.15, 0.2) is 0 Å². The van der Waals surface area contributed by atoms with E-state index < -0.39 is 0 Å². The maximum atomic E-state index is 12.3.